The van der Waals surface area contributed by atoms with Gasteiger partial charge in [0.25, 0.3) is 0 Å². The molecule has 4 rings (SSSR count). The molecule has 29 heavy (non-hydrogen) atoms. The molecule has 1 heterocycles. The largest absolute Gasteiger partial charge is 0.344 e. The van der Waals surface area contributed by atoms with Crippen molar-refractivity contribution in [3.05, 3.63) is 42.0 Å². The summed E-state index contributed by atoms with van der Waals surface area (Å²) in [7, 11) is 0. The second-order valence-corrected chi connectivity index (χ2v) is 10.1. The Morgan fingerprint density at radius 2 is 1.72 bits per heavy atom. The zero-order valence-electron chi connectivity index (χ0n) is 18.5. The van der Waals surface area contributed by atoms with Crippen LogP contribution >= 0.6 is 0 Å². The van der Waals surface area contributed by atoms with E-state index < -0.39 is 5.79 Å². The maximum absolute atomic E-state index is 6.25. The number of hydrogen-bond acceptors (Lipinski definition) is 3. The second kappa shape index (κ2) is 8.53. The van der Waals surface area contributed by atoms with Gasteiger partial charge < -0.3 is 4.74 Å². The molecule has 3 heteroatoms. The second-order valence-electron chi connectivity index (χ2n) is 10.1. The van der Waals surface area contributed by atoms with Crippen molar-refractivity contribution in [3.63, 3.8) is 0 Å². The van der Waals surface area contributed by atoms with Crippen LogP contribution in [0.2, 0.25) is 0 Å². The van der Waals surface area contributed by atoms with E-state index in [4.69, 9.17) is 14.5 Å². The van der Waals surface area contributed by atoms with E-state index in [9.17, 15) is 0 Å². The third kappa shape index (κ3) is 4.47. The van der Waals surface area contributed by atoms with Gasteiger partial charge >= 0.3 is 0 Å². The minimum atomic E-state index is -0.552. The molecule has 0 amide bonds. The Morgan fingerprint density at radius 3 is 2.28 bits per heavy atom. The van der Waals surface area contributed by atoms with Crippen molar-refractivity contribution >= 4 is 5.57 Å². The summed E-state index contributed by atoms with van der Waals surface area (Å²) in [6, 6.07) is 8.89. The average Bonchev–Trinajstić information content (AvgIpc) is 3.29. The van der Waals surface area contributed by atoms with Gasteiger partial charge in [0.1, 0.15) is 6.10 Å². The Morgan fingerprint density at radius 1 is 1.07 bits per heavy atom. The van der Waals surface area contributed by atoms with Crippen LogP contribution in [0.4, 0.5) is 0 Å². The lowest BCUT2D eigenvalue weighted by Gasteiger charge is -2.46. The van der Waals surface area contributed by atoms with Gasteiger partial charge in [0.05, 0.1) is 6.61 Å². The summed E-state index contributed by atoms with van der Waals surface area (Å²) in [6.07, 6.45) is 10.5. The molecule has 0 N–H and O–H groups in total. The molecular weight excluding hydrogens is 360 g/mol. The predicted molar refractivity (Wildman–Crippen MR) is 117 cm³/mol. The van der Waals surface area contributed by atoms with Gasteiger partial charge in [-0.25, -0.2) is 9.78 Å². The SMILES string of the molecule is C=C(c1ccc(C2CCCC2)cc1)C1COC2(CCC(C(C)(C)CC)CC2)OO1. The molecule has 1 aromatic carbocycles. The van der Waals surface area contributed by atoms with E-state index in [-0.39, 0.29) is 6.10 Å². The molecule has 2 aliphatic carbocycles. The Labute approximate surface area is 176 Å². The van der Waals surface area contributed by atoms with Crippen molar-refractivity contribution < 1.29 is 14.5 Å². The first-order chi connectivity index (χ1) is 13.9. The highest BCUT2D eigenvalue weighted by molar-refractivity contribution is 5.67. The van der Waals surface area contributed by atoms with E-state index in [0.29, 0.717) is 12.0 Å². The summed E-state index contributed by atoms with van der Waals surface area (Å²) < 4.78 is 6.25. The number of hydrogen-bond donors (Lipinski definition) is 0. The van der Waals surface area contributed by atoms with Crippen LogP contribution in [0, 0.1) is 11.3 Å². The number of rotatable bonds is 5. The fourth-order valence-corrected chi connectivity index (χ4v) is 5.35. The molecule has 160 valence electrons. The quantitative estimate of drug-likeness (QED) is 0.498. The van der Waals surface area contributed by atoms with Crippen LogP contribution in [0.3, 0.4) is 0 Å². The minimum Gasteiger partial charge on any atom is -0.344 e. The summed E-state index contributed by atoms with van der Waals surface area (Å²) in [5, 5.41) is 0. The first-order valence-electron chi connectivity index (χ1n) is 11.7. The Balaban J connectivity index is 1.31. The fraction of sp³-hybridized carbons (Fsp3) is 0.692. The molecule has 1 aliphatic heterocycles. The van der Waals surface area contributed by atoms with Crippen LogP contribution in [-0.2, 0) is 14.5 Å². The Kier molecular flexibility index (Phi) is 6.20. The molecule has 0 bridgehead atoms. The number of ether oxygens (including phenoxy) is 1. The molecule has 1 unspecified atom stereocenters. The van der Waals surface area contributed by atoms with Gasteiger partial charge in [0, 0.05) is 12.8 Å². The van der Waals surface area contributed by atoms with Gasteiger partial charge in [-0.2, -0.15) is 0 Å². The predicted octanol–water partition coefficient (Wildman–Crippen LogP) is 7.03. The third-order valence-corrected chi connectivity index (χ3v) is 8.07. The summed E-state index contributed by atoms with van der Waals surface area (Å²) in [5.41, 5.74) is 3.91. The maximum Gasteiger partial charge on any atom is 0.201 e. The lowest BCUT2D eigenvalue weighted by atomic mass is 9.68. The normalized spacial score (nSPS) is 31.3. The van der Waals surface area contributed by atoms with E-state index >= 15 is 0 Å². The summed E-state index contributed by atoms with van der Waals surface area (Å²) in [5.74, 6) is 0.919. The molecule has 3 fully saturated rings. The molecule has 0 radical (unpaired) electrons. The van der Waals surface area contributed by atoms with Crippen molar-refractivity contribution in [1.82, 2.24) is 0 Å². The van der Waals surface area contributed by atoms with Crippen molar-refractivity contribution in [2.24, 2.45) is 11.3 Å². The first-order valence-corrected chi connectivity index (χ1v) is 11.7. The molecule has 3 aliphatic rings. The third-order valence-electron chi connectivity index (χ3n) is 8.07. The molecule has 1 aromatic rings. The summed E-state index contributed by atoms with van der Waals surface area (Å²) >= 11 is 0. The van der Waals surface area contributed by atoms with Crippen LogP contribution in [0.15, 0.2) is 30.8 Å². The van der Waals surface area contributed by atoms with E-state index in [1.165, 1.54) is 37.7 Å². The smallest absolute Gasteiger partial charge is 0.201 e. The highest BCUT2D eigenvalue weighted by Gasteiger charge is 2.45. The van der Waals surface area contributed by atoms with Crippen LogP contribution in [0.25, 0.3) is 5.57 Å². The van der Waals surface area contributed by atoms with E-state index in [2.05, 4.69) is 51.6 Å². The van der Waals surface area contributed by atoms with Crippen LogP contribution in [0.1, 0.15) is 95.6 Å². The monoisotopic (exact) mass is 398 g/mol. The zero-order chi connectivity index (χ0) is 20.5. The molecule has 2 saturated carbocycles. The van der Waals surface area contributed by atoms with E-state index in [1.54, 1.807) is 0 Å². The van der Waals surface area contributed by atoms with Gasteiger partial charge in [-0.15, -0.1) is 0 Å². The standard InChI is InChI=1S/C26H38O3/c1-5-25(3,4)23-14-16-26(17-15-23)27-18-24(28-29-26)19(2)20-10-12-22(13-11-20)21-8-6-7-9-21/h10-13,21,23-24H,2,5-9,14-18H2,1,3-4H3. The summed E-state index contributed by atoms with van der Waals surface area (Å²) in [4.78, 5) is 11.7. The van der Waals surface area contributed by atoms with Crippen molar-refractivity contribution in [1.29, 1.82) is 0 Å². The van der Waals surface area contributed by atoms with E-state index in [1.807, 2.05) is 0 Å². The lowest BCUT2D eigenvalue weighted by molar-refractivity contribution is -0.484. The van der Waals surface area contributed by atoms with Crippen molar-refractivity contribution in [2.75, 3.05) is 6.61 Å². The van der Waals surface area contributed by atoms with Crippen LogP contribution < -0.4 is 0 Å². The zero-order valence-corrected chi connectivity index (χ0v) is 18.5. The highest BCUT2D eigenvalue weighted by atomic mass is 17.2. The molecule has 0 aromatic heterocycles. The van der Waals surface area contributed by atoms with Crippen LogP contribution in [0.5, 0.6) is 0 Å². The Bertz CT molecular complexity index is 681. The van der Waals surface area contributed by atoms with E-state index in [0.717, 1.165) is 48.7 Å². The lowest BCUT2D eigenvalue weighted by Crippen LogP contribution is -2.48. The van der Waals surface area contributed by atoms with Gasteiger partial charge in [-0.3, -0.25) is 0 Å². The van der Waals surface area contributed by atoms with Crippen molar-refractivity contribution in [3.8, 4) is 0 Å². The van der Waals surface area contributed by atoms with Gasteiger partial charge in [-0.1, -0.05) is 70.9 Å². The molecule has 1 atom stereocenters. The highest BCUT2D eigenvalue weighted by Crippen LogP contribution is 2.46. The fourth-order valence-electron chi connectivity index (χ4n) is 5.35. The van der Waals surface area contributed by atoms with Crippen LogP contribution in [-0.4, -0.2) is 18.5 Å². The Hall–Kier alpha value is -1.16. The molecular formula is C26H38O3. The molecule has 1 spiro atoms. The first kappa shape index (κ1) is 21.1. The average molecular weight is 399 g/mol. The maximum atomic E-state index is 6.25. The topological polar surface area (TPSA) is 27.7 Å². The van der Waals surface area contributed by atoms with Gasteiger partial charge in [0.2, 0.25) is 5.79 Å². The molecule has 3 nitrogen and oxygen atoms in total. The molecule has 1 saturated heterocycles. The van der Waals surface area contributed by atoms with Gasteiger partial charge in [-0.05, 0) is 59.6 Å². The van der Waals surface area contributed by atoms with Crippen molar-refractivity contribution in [2.45, 2.75) is 96.4 Å². The minimum absolute atomic E-state index is 0.234. The number of benzene rings is 1. The van der Waals surface area contributed by atoms with Gasteiger partial charge in [0.15, 0.2) is 0 Å². The summed E-state index contributed by atoms with van der Waals surface area (Å²) in [6.45, 7) is 11.9.